The molecular formula is C33H36F4O6S2. The predicted molar refractivity (Wildman–Crippen MR) is 155 cm³/mol. The SMILES string of the molecule is O=S(=O)(O)c1c(F)c(F)c(OS(=O)(=O)c2c(C3CC4CCC3C4)cc(C3CC4CCC3C4)cc2C2CC3CCC2C3)c(F)c1F. The Morgan fingerprint density at radius 3 is 1.36 bits per heavy atom. The van der Waals surface area contributed by atoms with Crippen molar-refractivity contribution in [2.24, 2.45) is 35.5 Å². The smallest absolute Gasteiger partial charge is 0.339 e. The first kappa shape index (κ1) is 30.2. The molecule has 6 fully saturated rings. The second kappa shape index (κ2) is 10.4. The van der Waals surface area contributed by atoms with Crippen LogP contribution in [0, 0.1) is 58.8 Å². The van der Waals surface area contributed by atoms with Crippen LogP contribution in [0.1, 0.15) is 111 Å². The maximum absolute atomic E-state index is 15.1. The van der Waals surface area contributed by atoms with Gasteiger partial charge in [0.15, 0.2) is 16.5 Å². The summed E-state index contributed by atoms with van der Waals surface area (Å²) < 4.78 is 126. The fraction of sp³-hybridized carbons (Fsp3) is 0.636. The van der Waals surface area contributed by atoms with E-state index in [-0.39, 0.29) is 28.6 Å². The van der Waals surface area contributed by atoms with Gasteiger partial charge in [-0.3, -0.25) is 4.55 Å². The van der Waals surface area contributed by atoms with Gasteiger partial charge in [-0.05, 0) is 128 Å². The van der Waals surface area contributed by atoms with E-state index in [0.717, 1.165) is 76.2 Å². The van der Waals surface area contributed by atoms with E-state index in [9.17, 15) is 30.2 Å². The van der Waals surface area contributed by atoms with Gasteiger partial charge >= 0.3 is 20.2 Å². The van der Waals surface area contributed by atoms with E-state index in [0.29, 0.717) is 40.7 Å². The summed E-state index contributed by atoms with van der Waals surface area (Å²) in [5.74, 6) is -8.81. The van der Waals surface area contributed by atoms with Gasteiger partial charge < -0.3 is 4.18 Å². The first-order chi connectivity index (χ1) is 21.3. The van der Waals surface area contributed by atoms with Gasteiger partial charge in [-0.2, -0.15) is 25.6 Å². The van der Waals surface area contributed by atoms with Crippen molar-refractivity contribution >= 4 is 20.2 Å². The molecule has 244 valence electrons. The van der Waals surface area contributed by atoms with E-state index in [4.69, 9.17) is 4.18 Å². The maximum Gasteiger partial charge on any atom is 0.339 e. The van der Waals surface area contributed by atoms with Crippen molar-refractivity contribution in [3.05, 3.63) is 52.1 Å². The second-order valence-corrected chi connectivity index (χ2v) is 17.6. The lowest BCUT2D eigenvalue weighted by Gasteiger charge is -2.32. The van der Waals surface area contributed by atoms with Crippen LogP contribution in [0.3, 0.4) is 0 Å². The Bertz CT molecular complexity index is 1730. The molecule has 0 aliphatic heterocycles. The van der Waals surface area contributed by atoms with E-state index in [2.05, 4.69) is 0 Å². The standard InChI is InChI=1S/C33H36F4O6S2/c34-27-29(36)33(44(38,39)40)30(37)28(35)31(27)43-45(41,42)32-25(23-11-16-2-5-19(23)8-16)13-21(22-10-15-1-4-18(22)7-15)14-26(32)24-12-17-3-6-20(24)9-17/h13-20,22-24H,1-12H2,(H,38,39,40). The maximum atomic E-state index is 15.1. The number of hydrogen-bond donors (Lipinski definition) is 1. The molecule has 2 aromatic rings. The lowest BCUT2D eigenvalue weighted by Crippen LogP contribution is -2.24. The lowest BCUT2D eigenvalue weighted by molar-refractivity contribution is 0.362. The van der Waals surface area contributed by atoms with Crippen LogP contribution in [0.25, 0.3) is 0 Å². The van der Waals surface area contributed by atoms with Crippen LogP contribution in [0.2, 0.25) is 0 Å². The van der Waals surface area contributed by atoms with Crippen LogP contribution in [-0.4, -0.2) is 21.4 Å². The van der Waals surface area contributed by atoms with Crippen molar-refractivity contribution in [1.82, 2.24) is 0 Å². The zero-order valence-electron chi connectivity index (χ0n) is 24.7. The van der Waals surface area contributed by atoms with E-state index in [1.165, 1.54) is 6.42 Å². The van der Waals surface area contributed by atoms with Gasteiger partial charge in [0.1, 0.15) is 4.90 Å². The van der Waals surface area contributed by atoms with Crippen molar-refractivity contribution in [3.63, 3.8) is 0 Å². The predicted octanol–water partition coefficient (Wildman–Crippen LogP) is 7.97. The summed E-state index contributed by atoms with van der Waals surface area (Å²) in [4.78, 5) is -2.40. The average Bonchev–Trinajstić information content (AvgIpc) is 3.85. The van der Waals surface area contributed by atoms with Crippen molar-refractivity contribution in [2.75, 3.05) is 0 Å². The molecule has 1 N–H and O–H groups in total. The molecule has 0 amide bonds. The topological polar surface area (TPSA) is 97.7 Å². The molecule has 12 heteroatoms. The van der Waals surface area contributed by atoms with Crippen LogP contribution in [0.15, 0.2) is 21.9 Å². The molecular weight excluding hydrogens is 632 g/mol. The molecule has 6 nitrogen and oxygen atoms in total. The summed E-state index contributed by atoms with van der Waals surface area (Å²) in [6.45, 7) is 0. The molecule has 45 heavy (non-hydrogen) atoms. The minimum absolute atomic E-state index is 0.0990. The highest BCUT2D eigenvalue weighted by Gasteiger charge is 2.48. The zero-order chi connectivity index (χ0) is 31.6. The second-order valence-electron chi connectivity index (χ2n) is 14.8. The summed E-state index contributed by atoms with van der Waals surface area (Å²) in [5.41, 5.74) is 2.27. The van der Waals surface area contributed by atoms with Crippen molar-refractivity contribution in [1.29, 1.82) is 0 Å². The quantitative estimate of drug-likeness (QED) is 0.139. The van der Waals surface area contributed by atoms with Gasteiger partial charge in [0, 0.05) is 0 Å². The average molecular weight is 669 g/mol. The summed E-state index contributed by atoms with van der Waals surface area (Å²) >= 11 is 0. The monoisotopic (exact) mass is 668 g/mol. The minimum Gasteiger partial charge on any atom is -0.372 e. The van der Waals surface area contributed by atoms with Gasteiger partial charge in [0.2, 0.25) is 17.4 Å². The molecule has 2 aromatic carbocycles. The number of hydrogen-bond acceptors (Lipinski definition) is 5. The van der Waals surface area contributed by atoms with Crippen molar-refractivity contribution < 1.29 is 43.1 Å². The van der Waals surface area contributed by atoms with Gasteiger partial charge in [-0.25, -0.2) is 8.78 Å². The summed E-state index contributed by atoms with van der Waals surface area (Å²) in [7, 11) is -10.8. The third-order valence-corrected chi connectivity index (χ3v) is 14.7. The third-order valence-electron chi connectivity index (χ3n) is 12.5. The fourth-order valence-corrected chi connectivity index (χ4v) is 12.8. The zero-order valence-corrected chi connectivity index (χ0v) is 26.3. The first-order valence-corrected chi connectivity index (χ1v) is 19.1. The molecule has 6 bridgehead atoms. The molecule has 8 rings (SSSR count). The number of fused-ring (bicyclic) bond motifs is 6. The molecule has 6 aliphatic rings. The molecule has 0 spiro atoms. The molecule has 9 unspecified atom stereocenters. The summed E-state index contributed by atoms with van der Waals surface area (Å²) in [6.07, 6.45) is 12.1. The van der Waals surface area contributed by atoms with E-state index >= 15 is 8.78 Å². The van der Waals surface area contributed by atoms with Crippen LogP contribution < -0.4 is 4.18 Å². The third kappa shape index (κ3) is 4.78. The van der Waals surface area contributed by atoms with Crippen LogP contribution in [0.4, 0.5) is 17.6 Å². The van der Waals surface area contributed by atoms with Gasteiger partial charge in [0.25, 0.3) is 0 Å². The highest BCUT2D eigenvalue weighted by molar-refractivity contribution is 7.87. The van der Waals surface area contributed by atoms with Gasteiger partial charge in [-0.15, -0.1) is 0 Å². The molecule has 6 saturated carbocycles. The molecule has 0 saturated heterocycles. The summed E-state index contributed by atoms with van der Waals surface area (Å²) in [6, 6.07) is 3.97. The Morgan fingerprint density at radius 2 is 1.00 bits per heavy atom. The van der Waals surface area contributed by atoms with Crippen LogP contribution in [-0.2, 0) is 20.2 Å². The van der Waals surface area contributed by atoms with Gasteiger partial charge in [0.05, 0.1) is 0 Å². The van der Waals surface area contributed by atoms with E-state index in [1.54, 1.807) is 0 Å². The van der Waals surface area contributed by atoms with E-state index < -0.39 is 54.2 Å². The Balaban J connectivity index is 1.31. The molecule has 0 radical (unpaired) electrons. The number of benzene rings is 2. The first-order valence-electron chi connectivity index (χ1n) is 16.3. The molecule has 0 heterocycles. The Morgan fingerprint density at radius 1 is 0.578 bits per heavy atom. The Labute approximate surface area is 260 Å². The summed E-state index contributed by atoms with van der Waals surface area (Å²) in [5, 5.41) is 0. The molecule has 6 aliphatic carbocycles. The largest absolute Gasteiger partial charge is 0.372 e. The number of halogens is 4. The van der Waals surface area contributed by atoms with Crippen molar-refractivity contribution in [3.8, 4) is 5.75 Å². The normalized spacial score (nSPS) is 35.2. The fourth-order valence-electron chi connectivity index (χ4n) is 10.7. The Hall–Kier alpha value is -2.18. The Kier molecular flexibility index (Phi) is 6.98. The van der Waals surface area contributed by atoms with Crippen LogP contribution in [0.5, 0.6) is 5.75 Å². The highest BCUT2D eigenvalue weighted by Crippen LogP contribution is 2.60. The molecule has 0 aromatic heterocycles. The lowest BCUT2D eigenvalue weighted by atomic mass is 9.75. The number of rotatable bonds is 7. The minimum atomic E-state index is -5.72. The highest BCUT2D eigenvalue weighted by atomic mass is 32.2. The van der Waals surface area contributed by atoms with Gasteiger partial charge in [-0.1, -0.05) is 31.4 Å². The van der Waals surface area contributed by atoms with Crippen LogP contribution >= 0.6 is 0 Å². The molecule has 9 atom stereocenters. The van der Waals surface area contributed by atoms with E-state index in [1.807, 2.05) is 12.1 Å². The van der Waals surface area contributed by atoms with Crippen molar-refractivity contribution in [2.45, 2.75) is 105 Å².